The zero-order valence-electron chi connectivity index (χ0n) is 15.1. The first kappa shape index (κ1) is 19.9. The van der Waals surface area contributed by atoms with Crippen LogP contribution in [0.5, 0.6) is 0 Å². The molecule has 0 radical (unpaired) electrons. The average molecular weight is 420 g/mol. The van der Waals surface area contributed by atoms with Gasteiger partial charge in [-0.25, -0.2) is 12.8 Å². The Morgan fingerprint density at radius 1 is 1.21 bits per heavy atom. The lowest BCUT2D eigenvalue weighted by molar-refractivity contribution is 0.102. The minimum atomic E-state index is -4.05. The van der Waals surface area contributed by atoms with Crippen LogP contribution in [0.4, 0.5) is 15.8 Å². The van der Waals surface area contributed by atoms with Crippen LogP contribution in [-0.4, -0.2) is 23.9 Å². The van der Waals surface area contributed by atoms with E-state index in [0.29, 0.717) is 28.2 Å². The molecule has 7 nitrogen and oxygen atoms in total. The number of sulfonamides is 1. The first-order valence-electron chi connectivity index (χ1n) is 8.32. The van der Waals surface area contributed by atoms with Crippen molar-refractivity contribution in [2.75, 3.05) is 10.0 Å². The molecule has 28 heavy (non-hydrogen) atoms. The maximum atomic E-state index is 13.8. The van der Waals surface area contributed by atoms with E-state index >= 15 is 0 Å². The smallest absolute Gasteiger partial charge is 0.269 e. The Hall–Kier alpha value is -2.85. The molecule has 2 aromatic carbocycles. The predicted molar refractivity (Wildman–Crippen MR) is 106 cm³/mol. The molecule has 0 unspecified atom stereocenters. The second kappa shape index (κ2) is 8.03. The summed E-state index contributed by atoms with van der Waals surface area (Å²) in [7, 11) is -4.05. The molecule has 0 saturated heterocycles. The van der Waals surface area contributed by atoms with Gasteiger partial charge in [-0.15, -0.1) is 5.10 Å². The van der Waals surface area contributed by atoms with Gasteiger partial charge in [0.25, 0.3) is 15.9 Å². The SMILES string of the molecule is CCc1nnsc1C(=O)Nc1ccc(C)c(S(=O)(=O)Nc2ccccc2F)c1. The number of anilines is 2. The Morgan fingerprint density at radius 2 is 1.96 bits per heavy atom. The van der Waals surface area contributed by atoms with Gasteiger partial charge < -0.3 is 5.32 Å². The molecule has 0 fully saturated rings. The number of carbonyl (C=O) groups excluding carboxylic acids is 1. The quantitative estimate of drug-likeness (QED) is 0.635. The third-order valence-electron chi connectivity index (χ3n) is 3.95. The van der Waals surface area contributed by atoms with Crippen molar-refractivity contribution in [1.82, 2.24) is 9.59 Å². The fraction of sp³-hybridized carbons (Fsp3) is 0.167. The lowest BCUT2D eigenvalue weighted by Crippen LogP contribution is -2.17. The van der Waals surface area contributed by atoms with Crippen LogP contribution in [0.2, 0.25) is 0 Å². The predicted octanol–water partition coefficient (Wildman–Crippen LogP) is 3.60. The number of nitrogens with zero attached hydrogens (tertiary/aromatic N) is 2. The summed E-state index contributed by atoms with van der Waals surface area (Å²) in [5, 5.41) is 6.55. The molecular weight excluding hydrogens is 403 g/mol. The number of rotatable bonds is 6. The molecule has 0 spiro atoms. The van der Waals surface area contributed by atoms with E-state index in [9.17, 15) is 17.6 Å². The number of aromatic nitrogens is 2. The van der Waals surface area contributed by atoms with Gasteiger partial charge in [-0.2, -0.15) is 0 Å². The maximum Gasteiger partial charge on any atom is 0.269 e. The minimum Gasteiger partial charge on any atom is -0.321 e. The highest BCUT2D eigenvalue weighted by molar-refractivity contribution is 7.92. The molecule has 1 heterocycles. The van der Waals surface area contributed by atoms with E-state index < -0.39 is 21.7 Å². The number of carbonyl (C=O) groups is 1. The van der Waals surface area contributed by atoms with Gasteiger partial charge in [-0.3, -0.25) is 9.52 Å². The zero-order chi connectivity index (χ0) is 20.3. The van der Waals surface area contributed by atoms with E-state index in [1.54, 1.807) is 19.1 Å². The number of amides is 1. The Kier molecular flexibility index (Phi) is 5.71. The van der Waals surface area contributed by atoms with Crippen molar-refractivity contribution in [3.8, 4) is 0 Å². The largest absolute Gasteiger partial charge is 0.321 e. The van der Waals surface area contributed by atoms with Crippen molar-refractivity contribution in [2.24, 2.45) is 0 Å². The molecule has 0 atom stereocenters. The van der Waals surface area contributed by atoms with Crippen molar-refractivity contribution >= 4 is 38.8 Å². The lowest BCUT2D eigenvalue weighted by Gasteiger charge is -2.13. The fourth-order valence-electron chi connectivity index (χ4n) is 2.51. The van der Waals surface area contributed by atoms with E-state index in [-0.39, 0.29) is 10.6 Å². The second-order valence-corrected chi connectivity index (χ2v) is 8.33. The standard InChI is InChI=1S/C18H17FN4O3S2/c1-3-14-17(27-23-21-14)18(24)20-12-9-8-11(2)16(10-12)28(25,26)22-15-7-5-4-6-13(15)19/h4-10,22H,3H2,1-2H3,(H,20,24). The molecule has 10 heteroatoms. The summed E-state index contributed by atoms with van der Waals surface area (Å²) < 4.78 is 45.3. The number of aryl methyl sites for hydroxylation is 2. The van der Waals surface area contributed by atoms with E-state index in [4.69, 9.17) is 0 Å². The van der Waals surface area contributed by atoms with Crippen LogP contribution >= 0.6 is 11.5 Å². The van der Waals surface area contributed by atoms with E-state index in [0.717, 1.165) is 17.6 Å². The van der Waals surface area contributed by atoms with Crippen LogP contribution in [0.3, 0.4) is 0 Å². The van der Waals surface area contributed by atoms with Crippen molar-refractivity contribution in [3.05, 3.63) is 64.4 Å². The van der Waals surface area contributed by atoms with Gasteiger partial charge in [0.1, 0.15) is 10.7 Å². The first-order chi connectivity index (χ1) is 13.3. The van der Waals surface area contributed by atoms with E-state index in [1.807, 2.05) is 6.92 Å². The first-order valence-corrected chi connectivity index (χ1v) is 10.6. The van der Waals surface area contributed by atoms with Crippen molar-refractivity contribution < 1.29 is 17.6 Å². The summed E-state index contributed by atoms with van der Waals surface area (Å²) in [6.07, 6.45) is 0.555. The molecule has 1 amide bonds. The number of hydrogen-bond acceptors (Lipinski definition) is 6. The molecule has 0 aliphatic carbocycles. The van der Waals surface area contributed by atoms with Gasteiger partial charge in [-0.1, -0.05) is 29.6 Å². The number of para-hydroxylation sites is 1. The van der Waals surface area contributed by atoms with Crippen LogP contribution in [0.15, 0.2) is 47.4 Å². The Labute approximate surface area is 165 Å². The van der Waals surface area contributed by atoms with Crippen LogP contribution < -0.4 is 10.0 Å². The Bertz CT molecular complexity index is 1130. The molecule has 2 N–H and O–H groups in total. The zero-order valence-corrected chi connectivity index (χ0v) is 16.7. The molecule has 3 rings (SSSR count). The summed E-state index contributed by atoms with van der Waals surface area (Å²) in [6, 6.07) is 9.97. The topological polar surface area (TPSA) is 101 Å². The fourth-order valence-corrected chi connectivity index (χ4v) is 4.50. The summed E-state index contributed by atoms with van der Waals surface area (Å²) in [5.41, 5.74) is 1.17. The van der Waals surface area contributed by atoms with Gasteiger partial charge in [-0.05, 0) is 54.7 Å². The molecule has 146 valence electrons. The van der Waals surface area contributed by atoms with E-state index in [2.05, 4.69) is 19.6 Å². The van der Waals surface area contributed by atoms with Crippen LogP contribution in [-0.2, 0) is 16.4 Å². The summed E-state index contributed by atoms with van der Waals surface area (Å²) >= 11 is 0.972. The number of hydrogen-bond donors (Lipinski definition) is 2. The van der Waals surface area contributed by atoms with Crippen LogP contribution in [0.1, 0.15) is 27.9 Å². The van der Waals surface area contributed by atoms with Gasteiger partial charge >= 0.3 is 0 Å². The third kappa shape index (κ3) is 4.18. The van der Waals surface area contributed by atoms with Crippen LogP contribution in [0, 0.1) is 12.7 Å². The normalized spacial score (nSPS) is 11.2. The summed E-state index contributed by atoms with van der Waals surface area (Å²) in [5.74, 6) is -1.10. The van der Waals surface area contributed by atoms with Gasteiger partial charge in [0.15, 0.2) is 0 Å². The third-order valence-corrected chi connectivity index (χ3v) is 6.22. The minimum absolute atomic E-state index is 0.0632. The highest BCUT2D eigenvalue weighted by atomic mass is 32.2. The molecule has 0 aliphatic rings. The molecule has 0 bridgehead atoms. The number of halogens is 1. The highest BCUT2D eigenvalue weighted by Crippen LogP contribution is 2.25. The second-order valence-electron chi connectivity index (χ2n) is 5.92. The molecule has 3 aromatic rings. The van der Waals surface area contributed by atoms with Crippen molar-refractivity contribution in [2.45, 2.75) is 25.2 Å². The monoisotopic (exact) mass is 420 g/mol. The average Bonchev–Trinajstić information content (AvgIpc) is 3.14. The molecule has 1 aromatic heterocycles. The Morgan fingerprint density at radius 3 is 2.68 bits per heavy atom. The molecule has 0 saturated carbocycles. The summed E-state index contributed by atoms with van der Waals surface area (Å²) in [4.78, 5) is 12.8. The maximum absolute atomic E-state index is 13.8. The molecule has 0 aliphatic heterocycles. The lowest BCUT2D eigenvalue weighted by atomic mass is 10.2. The number of nitrogens with one attached hydrogen (secondary N) is 2. The van der Waals surface area contributed by atoms with E-state index in [1.165, 1.54) is 24.3 Å². The van der Waals surface area contributed by atoms with Gasteiger partial charge in [0.05, 0.1) is 16.3 Å². The van der Waals surface area contributed by atoms with Crippen molar-refractivity contribution in [1.29, 1.82) is 0 Å². The van der Waals surface area contributed by atoms with Gasteiger partial charge in [0.2, 0.25) is 0 Å². The molecular formula is C18H17FN4O3S2. The van der Waals surface area contributed by atoms with Crippen molar-refractivity contribution in [3.63, 3.8) is 0 Å². The summed E-state index contributed by atoms with van der Waals surface area (Å²) in [6.45, 7) is 3.47. The highest BCUT2D eigenvalue weighted by Gasteiger charge is 2.21. The van der Waals surface area contributed by atoms with Crippen LogP contribution in [0.25, 0.3) is 0 Å². The van der Waals surface area contributed by atoms with Gasteiger partial charge in [0, 0.05) is 5.69 Å². The number of benzene rings is 2. The Balaban J connectivity index is 1.89.